The van der Waals surface area contributed by atoms with E-state index in [-0.39, 0.29) is 5.91 Å². The van der Waals surface area contributed by atoms with Crippen molar-refractivity contribution in [3.63, 3.8) is 0 Å². The van der Waals surface area contributed by atoms with Gasteiger partial charge in [-0.2, -0.15) is 0 Å². The van der Waals surface area contributed by atoms with Crippen molar-refractivity contribution in [2.75, 3.05) is 6.61 Å². The molecule has 3 aromatic rings. The van der Waals surface area contributed by atoms with Crippen LogP contribution in [0.15, 0.2) is 59.5 Å². The zero-order valence-corrected chi connectivity index (χ0v) is 19.9. The van der Waals surface area contributed by atoms with Crippen LogP contribution in [0.1, 0.15) is 18.1 Å². The van der Waals surface area contributed by atoms with Crippen LogP contribution in [0.25, 0.3) is 16.8 Å². The molecule has 0 saturated carbocycles. The Balaban J connectivity index is 1.63. The molecule has 3 aromatic carbocycles. The zero-order valence-electron chi connectivity index (χ0n) is 16.1. The number of thioether (sulfide) groups is 1. The van der Waals surface area contributed by atoms with Crippen LogP contribution >= 0.6 is 46.6 Å². The highest BCUT2D eigenvalue weighted by Gasteiger charge is 2.22. The van der Waals surface area contributed by atoms with E-state index in [1.807, 2.05) is 43.3 Å². The van der Waals surface area contributed by atoms with Gasteiger partial charge in [0.2, 0.25) is 0 Å². The SMILES string of the molecule is CCOc1cc(/C=C2\SC(=S)NC2=O)cc(I)c1OCc1cccc2ccccc12. The van der Waals surface area contributed by atoms with Gasteiger partial charge in [-0.1, -0.05) is 66.4 Å². The number of carbonyl (C=O) groups excluding carboxylic acids is 1. The van der Waals surface area contributed by atoms with E-state index in [9.17, 15) is 4.79 Å². The van der Waals surface area contributed by atoms with Crippen molar-refractivity contribution >= 4 is 73.6 Å². The summed E-state index contributed by atoms with van der Waals surface area (Å²) < 4.78 is 13.5. The van der Waals surface area contributed by atoms with Crippen molar-refractivity contribution in [3.8, 4) is 11.5 Å². The fraction of sp³-hybridized carbons (Fsp3) is 0.130. The molecule has 1 N–H and O–H groups in total. The molecular formula is C23H18INO3S2. The Morgan fingerprint density at radius 2 is 1.93 bits per heavy atom. The summed E-state index contributed by atoms with van der Waals surface area (Å²) in [6, 6.07) is 18.4. The smallest absolute Gasteiger partial charge is 0.263 e. The monoisotopic (exact) mass is 547 g/mol. The number of ether oxygens (including phenoxy) is 2. The molecule has 1 amide bonds. The lowest BCUT2D eigenvalue weighted by molar-refractivity contribution is -0.115. The van der Waals surface area contributed by atoms with E-state index >= 15 is 0 Å². The first kappa shape index (κ1) is 21.1. The van der Waals surface area contributed by atoms with Gasteiger partial charge in [-0.3, -0.25) is 4.79 Å². The molecule has 0 bridgehead atoms. The number of carbonyl (C=O) groups is 1. The van der Waals surface area contributed by atoms with Crippen LogP contribution in [-0.4, -0.2) is 16.8 Å². The number of hydrogen-bond donors (Lipinski definition) is 1. The van der Waals surface area contributed by atoms with E-state index in [1.54, 1.807) is 0 Å². The van der Waals surface area contributed by atoms with E-state index < -0.39 is 0 Å². The summed E-state index contributed by atoms with van der Waals surface area (Å²) in [6.07, 6.45) is 1.82. The van der Waals surface area contributed by atoms with Gasteiger partial charge in [-0.25, -0.2) is 0 Å². The molecule has 0 radical (unpaired) electrons. The van der Waals surface area contributed by atoms with Crippen LogP contribution in [0.5, 0.6) is 11.5 Å². The lowest BCUT2D eigenvalue weighted by Crippen LogP contribution is -2.17. The first-order valence-corrected chi connectivity index (χ1v) is 11.7. The fourth-order valence-electron chi connectivity index (χ4n) is 3.21. The average Bonchev–Trinajstić information content (AvgIpc) is 3.04. The van der Waals surface area contributed by atoms with Gasteiger partial charge in [0.15, 0.2) is 11.5 Å². The van der Waals surface area contributed by atoms with Crippen LogP contribution < -0.4 is 14.8 Å². The Hall–Kier alpha value is -2.10. The summed E-state index contributed by atoms with van der Waals surface area (Å²) in [4.78, 5) is 12.5. The fourth-order valence-corrected chi connectivity index (χ4v) is 5.04. The van der Waals surface area contributed by atoms with Crippen LogP contribution in [0, 0.1) is 3.57 Å². The molecule has 1 fully saturated rings. The summed E-state index contributed by atoms with van der Waals surface area (Å²) in [5, 5.41) is 5.00. The van der Waals surface area contributed by atoms with E-state index in [2.05, 4.69) is 52.2 Å². The second kappa shape index (κ2) is 9.36. The molecule has 0 aromatic heterocycles. The van der Waals surface area contributed by atoms with Gasteiger partial charge < -0.3 is 14.8 Å². The molecule has 0 unspecified atom stereocenters. The van der Waals surface area contributed by atoms with Crippen LogP contribution in [0.4, 0.5) is 0 Å². The maximum absolute atomic E-state index is 12.0. The van der Waals surface area contributed by atoms with Crippen molar-refractivity contribution in [2.45, 2.75) is 13.5 Å². The van der Waals surface area contributed by atoms with E-state index in [4.69, 9.17) is 21.7 Å². The summed E-state index contributed by atoms with van der Waals surface area (Å²) >= 11 is 8.57. The van der Waals surface area contributed by atoms with Crippen molar-refractivity contribution in [1.29, 1.82) is 0 Å². The highest BCUT2D eigenvalue weighted by molar-refractivity contribution is 14.1. The molecule has 0 atom stereocenters. The molecule has 4 rings (SSSR count). The second-order valence-corrected chi connectivity index (χ2v) is 9.42. The van der Waals surface area contributed by atoms with Crippen LogP contribution in [-0.2, 0) is 11.4 Å². The number of halogens is 1. The maximum atomic E-state index is 12.0. The Kier molecular flexibility index (Phi) is 6.60. The third-order valence-electron chi connectivity index (χ3n) is 4.52. The third-order valence-corrected chi connectivity index (χ3v) is 6.49. The molecule has 30 heavy (non-hydrogen) atoms. The molecule has 4 nitrogen and oxygen atoms in total. The van der Waals surface area contributed by atoms with E-state index in [0.29, 0.717) is 33.9 Å². The Morgan fingerprint density at radius 1 is 1.13 bits per heavy atom. The van der Waals surface area contributed by atoms with Gasteiger partial charge in [0, 0.05) is 0 Å². The predicted octanol–water partition coefficient (Wildman–Crippen LogP) is 5.91. The van der Waals surface area contributed by atoms with Gasteiger partial charge in [-0.15, -0.1) is 0 Å². The second-order valence-electron chi connectivity index (χ2n) is 6.54. The third kappa shape index (κ3) is 4.63. The quantitative estimate of drug-likeness (QED) is 0.236. The van der Waals surface area contributed by atoms with E-state index in [1.165, 1.54) is 22.5 Å². The molecule has 1 heterocycles. The number of hydrogen-bond acceptors (Lipinski definition) is 5. The number of benzene rings is 3. The molecule has 1 aliphatic rings. The Morgan fingerprint density at radius 3 is 2.70 bits per heavy atom. The number of rotatable bonds is 6. The first-order valence-electron chi connectivity index (χ1n) is 9.36. The van der Waals surface area contributed by atoms with Gasteiger partial charge in [0.25, 0.3) is 5.91 Å². The minimum atomic E-state index is -0.172. The highest BCUT2D eigenvalue weighted by Crippen LogP contribution is 2.37. The minimum absolute atomic E-state index is 0.172. The first-order chi connectivity index (χ1) is 14.5. The number of fused-ring (bicyclic) bond motifs is 1. The predicted molar refractivity (Wildman–Crippen MR) is 135 cm³/mol. The van der Waals surface area contributed by atoms with Crippen molar-refractivity contribution < 1.29 is 14.3 Å². The summed E-state index contributed by atoms with van der Waals surface area (Å²) in [7, 11) is 0. The highest BCUT2D eigenvalue weighted by atomic mass is 127. The Bertz CT molecular complexity index is 1170. The average molecular weight is 547 g/mol. The van der Waals surface area contributed by atoms with Crippen molar-refractivity contribution in [2.24, 2.45) is 0 Å². The normalized spacial score (nSPS) is 14.9. The summed E-state index contributed by atoms with van der Waals surface area (Å²) in [6.45, 7) is 2.88. The van der Waals surface area contributed by atoms with Crippen molar-refractivity contribution in [1.82, 2.24) is 5.32 Å². The largest absolute Gasteiger partial charge is 0.490 e. The molecule has 1 saturated heterocycles. The number of nitrogens with one attached hydrogen (secondary N) is 1. The lowest BCUT2D eigenvalue weighted by atomic mass is 10.1. The summed E-state index contributed by atoms with van der Waals surface area (Å²) in [5.41, 5.74) is 1.98. The molecular weight excluding hydrogens is 529 g/mol. The van der Waals surface area contributed by atoms with Crippen LogP contribution in [0.3, 0.4) is 0 Å². The van der Waals surface area contributed by atoms with Crippen molar-refractivity contribution in [3.05, 3.63) is 74.2 Å². The van der Waals surface area contributed by atoms with Gasteiger partial charge in [-0.05, 0) is 69.6 Å². The molecule has 7 heteroatoms. The molecule has 152 valence electrons. The lowest BCUT2D eigenvalue weighted by Gasteiger charge is -2.16. The number of amides is 1. The van der Waals surface area contributed by atoms with Gasteiger partial charge in [0.1, 0.15) is 10.9 Å². The van der Waals surface area contributed by atoms with Crippen LogP contribution in [0.2, 0.25) is 0 Å². The topological polar surface area (TPSA) is 47.6 Å². The molecule has 1 aliphatic heterocycles. The zero-order chi connectivity index (χ0) is 21.1. The molecule has 0 spiro atoms. The number of thiocarbonyl (C=S) groups is 1. The summed E-state index contributed by atoms with van der Waals surface area (Å²) in [5.74, 6) is 1.18. The molecule has 0 aliphatic carbocycles. The van der Waals surface area contributed by atoms with Gasteiger partial charge >= 0.3 is 0 Å². The van der Waals surface area contributed by atoms with E-state index in [0.717, 1.165) is 14.7 Å². The standard InChI is InChI=1S/C23H18INO3S2/c1-2-27-19-11-14(12-20-22(26)25-23(29)30-20)10-18(24)21(19)28-13-16-8-5-7-15-6-3-4-9-17(15)16/h3-12H,2,13H2,1H3,(H,25,26,29)/b20-12-. The Labute approximate surface area is 198 Å². The maximum Gasteiger partial charge on any atom is 0.263 e. The minimum Gasteiger partial charge on any atom is -0.490 e. The van der Waals surface area contributed by atoms with Gasteiger partial charge in [0.05, 0.1) is 15.1 Å².